The van der Waals surface area contributed by atoms with Crippen LogP contribution in [-0.4, -0.2) is 41.9 Å². The Kier molecular flexibility index (Phi) is 4.75. The van der Waals surface area contributed by atoms with E-state index in [1.165, 1.54) is 11.8 Å². The molecule has 3 N–H and O–H groups in total. The number of methoxy groups -OCH3 is 1. The van der Waals surface area contributed by atoms with E-state index in [2.05, 4.69) is 17.0 Å². The van der Waals surface area contributed by atoms with E-state index in [4.69, 9.17) is 10.5 Å². The maximum Gasteiger partial charge on any atom is 0.341 e. The zero-order valence-electron chi connectivity index (χ0n) is 18.0. The van der Waals surface area contributed by atoms with Crippen molar-refractivity contribution in [1.82, 2.24) is 4.57 Å². The first-order chi connectivity index (χ1) is 15.4. The van der Waals surface area contributed by atoms with Gasteiger partial charge in [0.25, 0.3) is 0 Å². The number of rotatable bonds is 6. The second kappa shape index (κ2) is 7.38. The van der Waals surface area contributed by atoms with Gasteiger partial charge in [0.2, 0.25) is 5.43 Å². The second-order valence-electron chi connectivity index (χ2n) is 9.08. The maximum absolute atomic E-state index is 12.9. The Labute approximate surface area is 185 Å². The average molecular weight is 434 g/mol. The molecule has 5 rings (SSSR count). The van der Waals surface area contributed by atoms with Gasteiger partial charge < -0.3 is 25.0 Å². The summed E-state index contributed by atoms with van der Waals surface area (Å²) in [5.74, 6) is -0.643. The minimum Gasteiger partial charge on any atom is -0.492 e. The second-order valence-corrected chi connectivity index (χ2v) is 9.08. The first-order valence-corrected chi connectivity index (χ1v) is 11.0. The van der Waals surface area contributed by atoms with Gasteiger partial charge in [-0.15, -0.1) is 0 Å². The topological polar surface area (TPSA) is 122 Å². The molecule has 2 heterocycles. The fraction of sp³-hybridized carbons (Fsp3) is 0.458. The summed E-state index contributed by atoms with van der Waals surface area (Å²) in [7, 11) is 1.58. The third-order valence-corrected chi connectivity index (χ3v) is 7.32. The highest BCUT2D eigenvalue weighted by Crippen LogP contribution is 2.51. The van der Waals surface area contributed by atoms with E-state index >= 15 is 0 Å². The lowest BCUT2D eigenvalue weighted by molar-refractivity contribution is 0.0695. The van der Waals surface area contributed by atoms with Crippen molar-refractivity contribution in [2.24, 2.45) is 11.1 Å². The molecule has 1 saturated carbocycles. The van der Waals surface area contributed by atoms with Crippen LogP contribution in [0.15, 0.2) is 34.8 Å². The summed E-state index contributed by atoms with van der Waals surface area (Å²) in [5, 5.41) is 19.1. The third kappa shape index (κ3) is 2.92. The molecule has 2 unspecified atom stereocenters. The highest BCUT2D eigenvalue weighted by molar-refractivity contribution is 5.97. The van der Waals surface area contributed by atoms with Crippen molar-refractivity contribution in [2.75, 3.05) is 25.1 Å². The summed E-state index contributed by atoms with van der Waals surface area (Å²) in [5.41, 5.74) is 8.31. The van der Waals surface area contributed by atoms with Gasteiger partial charge in [-0.05, 0) is 43.4 Å². The summed E-state index contributed by atoms with van der Waals surface area (Å²) in [4.78, 5) is 26.8. The fourth-order valence-electron chi connectivity index (χ4n) is 5.53. The third-order valence-electron chi connectivity index (χ3n) is 7.32. The molecule has 1 aromatic carbocycles. The van der Waals surface area contributed by atoms with Crippen LogP contribution in [0.25, 0.3) is 10.9 Å². The standard InChI is InChI=1S/C24H26N4O4/c1-32-22-18(27-11-14-3-2-9-24(14,13-27)19(26)8-10-25)7-6-16-20(22)28(15-4-5-15)12-17(21(16)29)23(30)31/h3,6-7,12,15,19H,2,4-5,8-9,11,13,26H2,1H3,(H,30,31). The normalized spacial score (nSPS) is 23.0. The fourth-order valence-corrected chi connectivity index (χ4v) is 5.53. The van der Waals surface area contributed by atoms with E-state index in [9.17, 15) is 20.0 Å². The molecular formula is C24H26N4O4. The summed E-state index contributed by atoms with van der Waals surface area (Å²) in [6.45, 7) is 1.38. The Bertz CT molecular complexity index is 1250. The van der Waals surface area contributed by atoms with Gasteiger partial charge in [-0.1, -0.05) is 6.08 Å². The molecule has 8 nitrogen and oxygen atoms in total. The molecule has 1 aliphatic heterocycles. The number of carboxylic acid groups (broad SMARTS) is 1. The number of aromatic nitrogens is 1. The van der Waals surface area contributed by atoms with Gasteiger partial charge in [0.15, 0.2) is 5.75 Å². The Morgan fingerprint density at radius 1 is 1.44 bits per heavy atom. The highest BCUT2D eigenvalue weighted by Gasteiger charge is 2.49. The van der Waals surface area contributed by atoms with E-state index in [1.54, 1.807) is 13.2 Å². The Balaban J connectivity index is 1.66. The molecule has 1 aromatic heterocycles. The van der Waals surface area contributed by atoms with Crippen LogP contribution < -0.4 is 20.8 Å². The number of carbonyl (C=O) groups is 1. The lowest BCUT2D eigenvalue weighted by Crippen LogP contribution is -2.43. The molecule has 32 heavy (non-hydrogen) atoms. The largest absolute Gasteiger partial charge is 0.492 e. The van der Waals surface area contributed by atoms with Crippen molar-refractivity contribution < 1.29 is 14.6 Å². The zero-order chi connectivity index (χ0) is 22.6. The minimum atomic E-state index is -1.22. The smallest absolute Gasteiger partial charge is 0.341 e. The summed E-state index contributed by atoms with van der Waals surface area (Å²) in [6, 6.07) is 5.70. The van der Waals surface area contributed by atoms with Gasteiger partial charge in [-0.2, -0.15) is 5.26 Å². The number of ether oxygens (including phenoxy) is 1. The van der Waals surface area contributed by atoms with Crippen molar-refractivity contribution in [3.63, 3.8) is 0 Å². The number of nitriles is 1. The van der Waals surface area contributed by atoms with E-state index in [0.29, 0.717) is 36.2 Å². The molecule has 8 heteroatoms. The van der Waals surface area contributed by atoms with Crippen LogP contribution >= 0.6 is 0 Å². The molecule has 3 aliphatic rings. The number of benzene rings is 1. The highest BCUT2D eigenvalue weighted by atomic mass is 16.5. The van der Waals surface area contributed by atoms with E-state index in [0.717, 1.165) is 31.4 Å². The summed E-state index contributed by atoms with van der Waals surface area (Å²) >= 11 is 0. The predicted molar refractivity (Wildman–Crippen MR) is 120 cm³/mol. The quantitative estimate of drug-likeness (QED) is 0.671. The number of allylic oxidation sites excluding steroid dienone is 1. The monoisotopic (exact) mass is 434 g/mol. The molecule has 0 spiro atoms. The van der Waals surface area contributed by atoms with Crippen molar-refractivity contribution in [1.29, 1.82) is 5.26 Å². The number of nitrogens with two attached hydrogens (primary N) is 1. The van der Waals surface area contributed by atoms with E-state index < -0.39 is 11.4 Å². The van der Waals surface area contributed by atoms with Crippen LogP contribution in [0.4, 0.5) is 5.69 Å². The number of fused-ring (bicyclic) bond motifs is 2. The SMILES string of the molecule is COc1c(N2CC3=CCCC3(C(N)CC#N)C2)ccc2c(=O)c(C(=O)O)cn(C3CC3)c12. The Morgan fingerprint density at radius 2 is 2.22 bits per heavy atom. The summed E-state index contributed by atoms with van der Waals surface area (Å²) < 4.78 is 7.75. The van der Waals surface area contributed by atoms with Crippen LogP contribution in [0.1, 0.15) is 48.5 Å². The summed E-state index contributed by atoms with van der Waals surface area (Å²) in [6.07, 6.45) is 7.77. The van der Waals surface area contributed by atoms with E-state index in [-0.39, 0.29) is 23.1 Å². The molecule has 2 fully saturated rings. The number of aromatic carboxylic acids is 1. The van der Waals surface area contributed by atoms with Gasteiger partial charge in [-0.3, -0.25) is 4.79 Å². The maximum atomic E-state index is 12.9. The number of anilines is 1. The van der Waals surface area contributed by atoms with Crippen molar-refractivity contribution in [3.05, 3.63) is 45.8 Å². The van der Waals surface area contributed by atoms with Crippen molar-refractivity contribution in [2.45, 2.75) is 44.2 Å². The molecule has 0 amide bonds. The lowest BCUT2D eigenvalue weighted by atomic mass is 9.76. The van der Waals surface area contributed by atoms with Crippen LogP contribution in [0.2, 0.25) is 0 Å². The molecule has 2 aromatic rings. The van der Waals surface area contributed by atoms with Crippen LogP contribution in [0.3, 0.4) is 0 Å². The van der Waals surface area contributed by atoms with Crippen LogP contribution in [-0.2, 0) is 0 Å². The zero-order valence-corrected chi connectivity index (χ0v) is 18.0. The van der Waals surface area contributed by atoms with Gasteiger partial charge in [0.05, 0.1) is 36.2 Å². The lowest BCUT2D eigenvalue weighted by Gasteiger charge is -2.33. The van der Waals surface area contributed by atoms with Gasteiger partial charge in [-0.25, -0.2) is 4.79 Å². The molecule has 1 saturated heterocycles. The number of nitrogens with zero attached hydrogens (tertiary/aromatic N) is 3. The average Bonchev–Trinajstić information content (AvgIpc) is 3.42. The number of carboxylic acids is 1. The molecule has 166 valence electrons. The van der Waals surface area contributed by atoms with Crippen molar-refractivity contribution in [3.8, 4) is 11.8 Å². The number of hydrogen-bond acceptors (Lipinski definition) is 6. The van der Waals surface area contributed by atoms with E-state index in [1.807, 2.05) is 10.6 Å². The van der Waals surface area contributed by atoms with Crippen molar-refractivity contribution >= 4 is 22.6 Å². The molecule has 0 bridgehead atoms. The first kappa shape index (κ1) is 20.6. The molecule has 2 atom stereocenters. The Hall–Kier alpha value is -3.31. The molecule has 2 aliphatic carbocycles. The minimum absolute atomic E-state index is 0.163. The predicted octanol–water partition coefficient (Wildman–Crippen LogP) is 2.81. The van der Waals surface area contributed by atoms with Gasteiger partial charge in [0.1, 0.15) is 5.56 Å². The van der Waals surface area contributed by atoms with Gasteiger partial charge in [0, 0.05) is 36.8 Å². The molecule has 0 radical (unpaired) electrons. The molecular weight excluding hydrogens is 408 g/mol. The van der Waals surface area contributed by atoms with Crippen LogP contribution in [0, 0.1) is 16.7 Å². The van der Waals surface area contributed by atoms with Gasteiger partial charge >= 0.3 is 5.97 Å². The number of hydrogen-bond donors (Lipinski definition) is 2. The van der Waals surface area contributed by atoms with Crippen LogP contribution in [0.5, 0.6) is 5.75 Å². The number of pyridine rings is 1. The first-order valence-electron chi connectivity index (χ1n) is 11.0. The Morgan fingerprint density at radius 3 is 2.88 bits per heavy atom.